The van der Waals surface area contributed by atoms with Crippen LogP contribution in [-0.2, 0) is 6.42 Å². The number of aromatic nitrogens is 1. The number of carbonyl (C=O) groups excluding carboxylic acids is 1. The Morgan fingerprint density at radius 1 is 1.28 bits per heavy atom. The van der Waals surface area contributed by atoms with Crippen LogP contribution in [0.25, 0.3) is 0 Å². The van der Waals surface area contributed by atoms with Gasteiger partial charge in [0.1, 0.15) is 5.82 Å². The van der Waals surface area contributed by atoms with Gasteiger partial charge in [-0.2, -0.15) is 0 Å². The molecule has 0 unspecified atom stereocenters. The summed E-state index contributed by atoms with van der Waals surface area (Å²) in [4.78, 5) is 18.9. The predicted octanol–water partition coefficient (Wildman–Crippen LogP) is 1.90. The molecule has 0 radical (unpaired) electrons. The minimum atomic E-state index is -0.229. The van der Waals surface area contributed by atoms with Crippen LogP contribution in [0, 0.1) is 0 Å². The van der Waals surface area contributed by atoms with E-state index in [4.69, 9.17) is 17.3 Å². The van der Waals surface area contributed by atoms with Crippen molar-refractivity contribution in [2.45, 2.75) is 6.42 Å². The molecule has 1 aliphatic rings. The zero-order chi connectivity index (χ0) is 17.6. The summed E-state index contributed by atoms with van der Waals surface area (Å²) in [6, 6.07) is 9.33. The maximum absolute atomic E-state index is 12.4. The molecule has 132 valence electrons. The Kier molecular flexibility index (Phi) is 5.86. The number of nitrogens with one attached hydrogen (secondary N) is 2. The van der Waals surface area contributed by atoms with Gasteiger partial charge in [-0.15, -0.1) is 0 Å². The van der Waals surface area contributed by atoms with Crippen molar-refractivity contribution >= 4 is 29.0 Å². The topological polar surface area (TPSA) is 83.3 Å². The normalized spacial score (nSPS) is 14.4. The summed E-state index contributed by atoms with van der Waals surface area (Å²) in [5.41, 5.74) is 7.85. The van der Waals surface area contributed by atoms with Gasteiger partial charge in [-0.05, 0) is 36.7 Å². The lowest BCUT2D eigenvalue weighted by Crippen LogP contribution is -2.44. The molecule has 1 saturated heterocycles. The quantitative estimate of drug-likeness (QED) is 0.759. The molecule has 0 atom stereocenters. The standard InChI is InChI=1S/C18H22ClN5O/c19-16-11-14(12-22-17(16)24-9-7-21-8-10-24)18(25)23-15-3-1-13(2-4-15)5-6-20/h1-4,11-12,21H,5-10,20H2,(H,23,25). The van der Waals surface area contributed by atoms with Gasteiger partial charge in [-0.1, -0.05) is 23.7 Å². The van der Waals surface area contributed by atoms with Crippen molar-refractivity contribution in [3.63, 3.8) is 0 Å². The van der Waals surface area contributed by atoms with E-state index in [2.05, 4.69) is 20.5 Å². The fraction of sp³-hybridized carbons (Fsp3) is 0.333. The number of nitrogens with two attached hydrogens (primary N) is 1. The van der Waals surface area contributed by atoms with Crippen molar-refractivity contribution in [1.29, 1.82) is 0 Å². The molecule has 0 spiro atoms. The summed E-state index contributed by atoms with van der Waals surface area (Å²) in [6.45, 7) is 4.12. The van der Waals surface area contributed by atoms with Gasteiger partial charge in [0.05, 0.1) is 10.6 Å². The fourth-order valence-electron chi connectivity index (χ4n) is 2.79. The molecule has 3 rings (SSSR count). The number of anilines is 2. The molecule has 0 saturated carbocycles. The van der Waals surface area contributed by atoms with E-state index < -0.39 is 0 Å². The van der Waals surface area contributed by atoms with Crippen molar-refractivity contribution in [1.82, 2.24) is 10.3 Å². The zero-order valence-electron chi connectivity index (χ0n) is 14.0. The summed E-state index contributed by atoms with van der Waals surface area (Å²) >= 11 is 6.35. The summed E-state index contributed by atoms with van der Waals surface area (Å²) < 4.78 is 0. The third-order valence-corrected chi connectivity index (χ3v) is 4.42. The Hall–Kier alpha value is -2.15. The Balaban J connectivity index is 1.68. The van der Waals surface area contributed by atoms with Crippen LogP contribution >= 0.6 is 11.6 Å². The number of piperazine rings is 1. The zero-order valence-corrected chi connectivity index (χ0v) is 14.7. The molecule has 25 heavy (non-hydrogen) atoms. The first-order valence-electron chi connectivity index (χ1n) is 8.39. The third kappa shape index (κ3) is 4.48. The second kappa shape index (κ2) is 8.29. The number of hydrogen-bond donors (Lipinski definition) is 3. The summed E-state index contributed by atoms with van der Waals surface area (Å²) in [5, 5.41) is 6.64. The Morgan fingerprint density at radius 3 is 2.64 bits per heavy atom. The van der Waals surface area contributed by atoms with Gasteiger partial charge in [0.15, 0.2) is 0 Å². The van der Waals surface area contributed by atoms with Gasteiger partial charge in [-0.3, -0.25) is 4.79 Å². The van der Waals surface area contributed by atoms with Crippen LogP contribution in [0.15, 0.2) is 36.5 Å². The summed E-state index contributed by atoms with van der Waals surface area (Å²) in [7, 11) is 0. The minimum Gasteiger partial charge on any atom is -0.353 e. The lowest BCUT2D eigenvalue weighted by molar-refractivity contribution is 0.102. The van der Waals surface area contributed by atoms with Crippen LogP contribution in [0.2, 0.25) is 5.02 Å². The van der Waals surface area contributed by atoms with E-state index >= 15 is 0 Å². The number of halogens is 1. The first-order chi connectivity index (χ1) is 12.2. The largest absolute Gasteiger partial charge is 0.353 e. The molecule has 1 aromatic heterocycles. The van der Waals surface area contributed by atoms with E-state index in [9.17, 15) is 4.79 Å². The van der Waals surface area contributed by atoms with Crippen molar-refractivity contribution in [3.05, 3.63) is 52.7 Å². The highest BCUT2D eigenvalue weighted by atomic mass is 35.5. The molecule has 1 amide bonds. The molecular weight excluding hydrogens is 338 g/mol. The maximum Gasteiger partial charge on any atom is 0.257 e. The SMILES string of the molecule is NCCc1ccc(NC(=O)c2cnc(N3CCNCC3)c(Cl)c2)cc1. The predicted molar refractivity (Wildman–Crippen MR) is 101 cm³/mol. The molecule has 4 N–H and O–H groups in total. The number of nitrogens with zero attached hydrogens (tertiary/aromatic N) is 2. The molecule has 0 bridgehead atoms. The van der Waals surface area contributed by atoms with Crippen LogP contribution in [-0.4, -0.2) is 43.6 Å². The average Bonchev–Trinajstić information content (AvgIpc) is 2.64. The van der Waals surface area contributed by atoms with E-state index in [0.717, 1.165) is 49.7 Å². The van der Waals surface area contributed by atoms with Crippen molar-refractivity contribution in [2.75, 3.05) is 42.9 Å². The van der Waals surface area contributed by atoms with Crippen LogP contribution in [0.3, 0.4) is 0 Å². The molecule has 6 nitrogen and oxygen atoms in total. The molecule has 0 aliphatic carbocycles. The highest BCUT2D eigenvalue weighted by Crippen LogP contribution is 2.24. The first-order valence-corrected chi connectivity index (χ1v) is 8.77. The minimum absolute atomic E-state index is 0.229. The van der Waals surface area contributed by atoms with Gasteiger partial charge < -0.3 is 21.3 Å². The number of carbonyl (C=O) groups is 1. The third-order valence-electron chi connectivity index (χ3n) is 4.15. The van der Waals surface area contributed by atoms with Crippen molar-refractivity contribution in [2.24, 2.45) is 5.73 Å². The van der Waals surface area contributed by atoms with Gasteiger partial charge in [0, 0.05) is 38.1 Å². The van der Waals surface area contributed by atoms with Crippen molar-refractivity contribution < 1.29 is 4.79 Å². The van der Waals surface area contributed by atoms with Gasteiger partial charge >= 0.3 is 0 Å². The molecule has 1 aliphatic heterocycles. The van der Waals surface area contributed by atoms with E-state index in [-0.39, 0.29) is 5.91 Å². The molecule has 2 aromatic rings. The van der Waals surface area contributed by atoms with Crippen molar-refractivity contribution in [3.8, 4) is 0 Å². The van der Waals surface area contributed by atoms with Gasteiger partial charge in [-0.25, -0.2) is 4.98 Å². The Labute approximate surface area is 152 Å². The molecule has 2 heterocycles. The first kappa shape index (κ1) is 17.7. The fourth-order valence-corrected chi connectivity index (χ4v) is 3.07. The van der Waals surface area contributed by atoms with E-state index in [1.807, 2.05) is 24.3 Å². The maximum atomic E-state index is 12.4. The number of rotatable bonds is 5. The number of hydrogen-bond acceptors (Lipinski definition) is 5. The van der Waals surface area contributed by atoms with Crippen LogP contribution < -0.4 is 21.3 Å². The Morgan fingerprint density at radius 2 is 2.00 bits per heavy atom. The smallest absolute Gasteiger partial charge is 0.257 e. The van der Waals surface area contributed by atoms with E-state index in [0.29, 0.717) is 17.1 Å². The number of benzene rings is 1. The van der Waals surface area contributed by atoms with Crippen LogP contribution in [0.5, 0.6) is 0 Å². The molecule has 1 aromatic carbocycles. The number of amides is 1. The summed E-state index contributed by atoms with van der Waals surface area (Å²) in [6.07, 6.45) is 2.39. The average molecular weight is 360 g/mol. The monoisotopic (exact) mass is 359 g/mol. The van der Waals surface area contributed by atoms with E-state index in [1.165, 1.54) is 0 Å². The molecular formula is C18H22ClN5O. The van der Waals surface area contributed by atoms with E-state index in [1.54, 1.807) is 12.3 Å². The highest BCUT2D eigenvalue weighted by Gasteiger charge is 2.17. The second-order valence-electron chi connectivity index (χ2n) is 5.96. The van der Waals surface area contributed by atoms with Crippen LogP contribution in [0.4, 0.5) is 11.5 Å². The van der Waals surface area contributed by atoms with Crippen LogP contribution in [0.1, 0.15) is 15.9 Å². The molecule has 1 fully saturated rings. The van der Waals surface area contributed by atoms with Gasteiger partial charge in [0.25, 0.3) is 5.91 Å². The Bertz CT molecular complexity index is 729. The van der Waals surface area contributed by atoms with Gasteiger partial charge in [0.2, 0.25) is 0 Å². The highest BCUT2D eigenvalue weighted by molar-refractivity contribution is 6.33. The lowest BCUT2D eigenvalue weighted by atomic mass is 10.1. The molecule has 7 heteroatoms. The summed E-state index contributed by atoms with van der Waals surface area (Å²) in [5.74, 6) is 0.499. The lowest BCUT2D eigenvalue weighted by Gasteiger charge is -2.29. The second-order valence-corrected chi connectivity index (χ2v) is 6.36. The number of pyridine rings is 1.